The summed E-state index contributed by atoms with van der Waals surface area (Å²) in [5, 5.41) is 0. The van der Waals surface area contributed by atoms with Gasteiger partial charge in [0.15, 0.2) is 0 Å². The van der Waals surface area contributed by atoms with E-state index < -0.39 is 0 Å². The maximum absolute atomic E-state index is 2.34. The molecule has 0 saturated heterocycles. The lowest BCUT2D eigenvalue weighted by Gasteiger charge is -2.41. The Morgan fingerprint density at radius 2 is 1.62 bits per heavy atom. The second kappa shape index (κ2) is 1.07. The lowest BCUT2D eigenvalue weighted by Crippen LogP contribution is -2.30. The maximum atomic E-state index is 2.34. The molecule has 0 aromatic rings. The molecule has 0 spiro atoms. The van der Waals surface area contributed by atoms with E-state index in [1.54, 1.807) is 11.1 Å². The molecule has 0 heteroatoms. The Kier molecular flexibility index (Phi) is 0.585. The van der Waals surface area contributed by atoms with Crippen LogP contribution in [-0.4, -0.2) is 0 Å². The molecule has 0 aromatic carbocycles. The highest BCUT2D eigenvalue weighted by atomic mass is 14.4. The van der Waals surface area contributed by atoms with Crippen LogP contribution in [0.25, 0.3) is 0 Å². The fourth-order valence-electron chi connectivity index (χ4n) is 1.78. The monoisotopic (exact) mass is 106 g/mol. The van der Waals surface area contributed by atoms with Crippen LogP contribution < -0.4 is 0 Å². The Bertz CT molecular complexity index is 164. The summed E-state index contributed by atoms with van der Waals surface area (Å²) in [4.78, 5) is 0. The van der Waals surface area contributed by atoms with Gasteiger partial charge in [0, 0.05) is 11.8 Å². The van der Waals surface area contributed by atoms with Gasteiger partial charge < -0.3 is 0 Å². The quantitative estimate of drug-likeness (QED) is 0.415. The second-order valence-electron chi connectivity index (χ2n) is 2.88. The van der Waals surface area contributed by atoms with Crippen molar-refractivity contribution in [3.63, 3.8) is 0 Å². The van der Waals surface area contributed by atoms with E-state index in [2.05, 4.69) is 26.0 Å². The Hall–Kier alpha value is -0.520. The van der Waals surface area contributed by atoms with Crippen LogP contribution in [0.2, 0.25) is 0 Å². The van der Waals surface area contributed by atoms with Crippen molar-refractivity contribution >= 4 is 0 Å². The van der Waals surface area contributed by atoms with Gasteiger partial charge in [-0.05, 0) is 13.8 Å². The molecule has 0 nitrogen and oxygen atoms in total. The Labute approximate surface area is 49.9 Å². The van der Waals surface area contributed by atoms with E-state index in [1.807, 2.05) is 0 Å². The summed E-state index contributed by atoms with van der Waals surface area (Å²) < 4.78 is 0. The summed E-state index contributed by atoms with van der Waals surface area (Å²) in [6, 6.07) is 0. The highest BCUT2D eigenvalue weighted by Crippen LogP contribution is 2.47. The Morgan fingerprint density at radius 3 is 1.75 bits per heavy atom. The summed E-state index contributed by atoms with van der Waals surface area (Å²) in [6.07, 6.45) is 4.69. The van der Waals surface area contributed by atoms with Crippen molar-refractivity contribution in [2.75, 3.05) is 0 Å². The first-order valence-electron chi connectivity index (χ1n) is 3.15. The molecule has 2 aliphatic carbocycles. The molecule has 0 atom stereocenters. The zero-order chi connectivity index (χ0) is 5.72. The average Bonchev–Trinajstić information content (AvgIpc) is 1.63. The molecule has 42 valence electrons. The van der Waals surface area contributed by atoms with Crippen molar-refractivity contribution in [1.82, 2.24) is 0 Å². The van der Waals surface area contributed by atoms with Gasteiger partial charge in [-0.1, -0.05) is 23.3 Å². The zero-order valence-corrected chi connectivity index (χ0v) is 5.31. The van der Waals surface area contributed by atoms with Crippen LogP contribution >= 0.6 is 0 Å². The van der Waals surface area contributed by atoms with Gasteiger partial charge in [-0.25, -0.2) is 0 Å². The van der Waals surface area contributed by atoms with Crippen molar-refractivity contribution in [1.29, 1.82) is 0 Å². The van der Waals surface area contributed by atoms with E-state index in [9.17, 15) is 0 Å². The molecule has 0 N–H and O–H groups in total. The number of allylic oxidation sites excluding steroid dienone is 4. The van der Waals surface area contributed by atoms with Gasteiger partial charge >= 0.3 is 0 Å². The summed E-state index contributed by atoms with van der Waals surface area (Å²) in [5.74, 6) is 1.71. The van der Waals surface area contributed by atoms with Crippen molar-refractivity contribution < 1.29 is 0 Å². The van der Waals surface area contributed by atoms with Crippen LogP contribution in [0.5, 0.6) is 0 Å². The highest BCUT2D eigenvalue weighted by Gasteiger charge is 2.35. The van der Waals surface area contributed by atoms with Crippen molar-refractivity contribution in [2.45, 2.75) is 13.8 Å². The molecule has 0 aliphatic heterocycles. The summed E-state index contributed by atoms with van der Waals surface area (Å²) in [7, 11) is 0. The van der Waals surface area contributed by atoms with Gasteiger partial charge in [0.2, 0.25) is 0 Å². The molecule has 0 aromatic heterocycles. The van der Waals surface area contributed by atoms with Crippen molar-refractivity contribution in [3.8, 4) is 0 Å². The second-order valence-corrected chi connectivity index (χ2v) is 2.88. The number of hydrogen-bond donors (Lipinski definition) is 0. The van der Waals surface area contributed by atoms with E-state index >= 15 is 0 Å². The van der Waals surface area contributed by atoms with Gasteiger partial charge in [0.1, 0.15) is 0 Å². The van der Waals surface area contributed by atoms with Gasteiger partial charge in [-0.2, -0.15) is 0 Å². The van der Waals surface area contributed by atoms with Gasteiger partial charge in [0.25, 0.3) is 0 Å². The topological polar surface area (TPSA) is 0 Å². The van der Waals surface area contributed by atoms with E-state index in [0.29, 0.717) is 0 Å². The third kappa shape index (κ3) is 0.290. The number of rotatable bonds is 0. The van der Waals surface area contributed by atoms with Crippen LogP contribution in [0.15, 0.2) is 23.3 Å². The van der Waals surface area contributed by atoms with Gasteiger partial charge in [0.05, 0.1) is 0 Å². The predicted molar refractivity (Wildman–Crippen MR) is 34.5 cm³/mol. The SMILES string of the molecule is CC1=CC2C=C(C)C12. The van der Waals surface area contributed by atoms with Crippen LogP contribution in [0, 0.1) is 11.8 Å². The number of hydrogen-bond acceptors (Lipinski definition) is 0. The lowest BCUT2D eigenvalue weighted by molar-refractivity contribution is 0.469. The number of fused-ring (bicyclic) bond motifs is 1. The largest absolute Gasteiger partial charge is 0.0771 e. The highest BCUT2D eigenvalue weighted by molar-refractivity contribution is 5.42. The van der Waals surface area contributed by atoms with Crippen LogP contribution in [0.3, 0.4) is 0 Å². The molecule has 0 saturated carbocycles. The van der Waals surface area contributed by atoms with Gasteiger partial charge in [-0.15, -0.1) is 0 Å². The fraction of sp³-hybridized carbons (Fsp3) is 0.500. The normalized spacial score (nSPS) is 40.8. The lowest BCUT2D eigenvalue weighted by atomic mass is 9.63. The van der Waals surface area contributed by atoms with Crippen LogP contribution in [0.4, 0.5) is 0 Å². The molecular weight excluding hydrogens is 96.1 g/mol. The first-order chi connectivity index (χ1) is 3.79. The van der Waals surface area contributed by atoms with Crippen LogP contribution in [-0.2, 0) is 0 Å². The molecule has 0 heterocycles. The minimum atomic E-state index is 0.843. The third-order valence-corrected chi connectivity index (χ3v) is 2.28. The van der Waals surface area contributed by atoms with E-state index in [1.165, 1.54) is 0 Å². The van der Waals surface area contributed by atoms with E-state index in [0.717, 1.165) is 11.8 Å². The summed E-state index contributed by atoms with van der Waals surface area (Å²) in [5.41, 5.74) is 3.16. The molecule has 2 rings (SSSR count). The Balaban J connectivity index is 2.28. The fourth-order valence-corrected chi connectivity index (χ4v) is 1.78. The maximum Gasteiger partial charge on any atom is 0.00996 e. The van der Waals surface area contributed by atoms with Gasteiger partial charge in [-0.3, -0.25) is 0 Å². The summed E-state index contributed by atoms with van der Waals surface area (Å²) in [6.45, 7) is 4.44. The minimum absolute atomic E-state index is 0.843. The molecule has 8 heavy (non-hydrogen) atoms. The molecule has 0 unspecified atom stereocenters. The first kappa shape index (κ1) is 4.37. The Morgan fingerprint density at radius 1 is 1.12 bits per heavy atom. The first-order valence-corrected chi connectivity index (χ1v) is 3.15. The molecule has 0 fully saturated rings. The smallest absolute Gasteiger partial charge is 0.00996 e. The molecule has 0 bridgehead atoms. The van der Waals surface area contributed by atoms with Crippen LogP contribution in [0.1, 0.15) is 13.8 Å². The van der Waals surface area contributed by atoms with E-state index in [-0.39, 0.29) is 0 Å². The standard InChI is InChI=1S/C8H10/c1-5-3-7-4-6(2)8(5)7/h3-4,7-8H,1-2H3. The molecule has 0 amide bonds. The molecule has 2 aliphatic rings. The zero-order valence-electron chi connectivity index (χ0n) is 5.31. The van der Waals surface area contributed by atoms with Crippen molar-refractivity contribution in [2.24, 2.45) is 11.8 Å². The summed E-state index contributed by atoms with van der Waals surface area (Å²) >= 11 is 0. The average molecular weight is 106 g/mol. The van der Waals surface area contributed by atoms with E-state index in [4.69, 9.17) is 0 Å². The minimum Gasteiger partial charge on any atom is -0.0771 e. The van der Waals surface area contributed by atoms with Crippen molar-refractivity contribution in [3.05, 3.63) is 23.3 Å². The third-order valence-electron chi connectivity index (χ3n) is 2.28. The molecular formula is C8H10. The molecule has 0 radical (unpaired) electrons. The predicted octanol–water partition coefficient (Wildman–Crippen LogP) is 2.14.